The van der Waals surface area contributed by atoms with Crippen molar-refractivity contribution in [3.05, 3.63) is 53.6 Å². The third-order valence-electron chi connectivity index (χ3n) is 4.60. The maximum atomic E-state index is 12.8. The molecule has 2 aromatic rings. The van der Waals surface area contributed by atoms with Gasteiger partial charge in [0.05, 0.1) is 7.11 Å². The van der Waals surface area contributed by atoms with E-state index >= 15 is 0 Å². The van der Waals surface area contributed by atoms with Crippen molar-refractivity contribution in [1.29, 1.82) is 5.26 Å². The van der Waals surface area contributed by atoms with Crippen LogP contribution in [0.3, 0.4) is 0 Å². The number of rotatable bonds is 8. The average Bonchev–Trinajstić information content (AvgIpc) is 2.79. The largest absolute Gasteiger partial charge is 0.493 e. The van der Waals surface area contributed by atoms with Gasteiger partial charge in [0.2, 0.25) is 5.91 Å². The van der Waals surface area contributed by atoms with Crippen LogP contribution in [0.4, 0.5) is 0 Å². The molecule has 7 nitrogen and oxygen atoms in total. The van der Waals surface area contributed by atoms with Gasteiger partial charge in [-0.2, -0.15) is 5.26 Å². The number of nitriles is 1. The van der Waals surface area contributed by atoms with E-state index in [1.807, 2.05) is 31.2 Å². The number of ether oxygens (including phenoxy) is 4. The quantitative estimate of drug-likeness (QED) is 0.623. The summed E-state index contributed by atoms with van der Waals surface area (Å²) in [5, 5.41) is 8.65. The minimum Gasteiger partial charge on any atom is -0.493 e. The molecule has 0 N–H and O–H groups in total. The maximum absolute atomic E-state index is 12.8. The predicted octanol–water partition coefficient (Wildman–Crippen LogP) is 3.43. The second kappa shape index (κ2) is 10.2. The van der Waals surface area contributed by atoms with E-state index in [4.69, 9.17) is 24.2 Å². The van der Waals surface area contributed by atoms with Crippen LogP contribution in [0.15, 0.2) is 42.5 Å². The highest BCUT2D eigenvalue weighted by Crippen LogP contribution is 2.34. The van der Waals surface area contributed by atoms with E-state index in [-0.39, 0.29) is 12.5 Å². The molecule has 0 fully saturated rings. The molecule has 156 valence electrons. The standard InChI is InChI=1S/C23H24N2O5/c1-3-25(16-18-5-4-6-20-23(18)30-14-13-29-20)22(26)10-8-17-7-9-19(28-12-11-24)21(15-17)27-2/h4-10,15H,3,12-14,16H2,1-2H3/b10-8+. The van der Waals surface area contributed by atoms with Crippen molar-refractivity contribution in [2.45, 2.75) is 13.5 Å². The van der Waals surface area contributed by atoms with E-state index in [1.165, 1.54) is 13.2 Å². The molecule has 1 amide bonds. The number of methoxy groups -OCH3 is 1. The van der Waals surface area contributed by atoms with Gasteiger partial charge in [-0.05, 0) is 36.8 Å². The minimum absolute atomic E-state index is 0.0621. The maximum Gasteiger partial charge on any atom is 0.246 e. The van der Waals surface area contributed by atoms with Crippen LogP contribution in [-0.4, -0.2) is 44.3 Å². The van der Waals surface area contributed by atoms with Crippen molar-refractivity contribution >= 4 is 12.0 Å². The van der Waals surface area contributed by atoms with Crippen molar-refractivity contribution < 1.29 is 23.7 Å². The third kappa shape index (κ3) is 5.03. The number of amides is 1. The molecule has 0 atom stereocenters. The number of carbonyl (C=O) groups excluding carboxylic acids is 1. The molecule has 0 bridgehead atoms. The summed E-state index contributed by atoms with van der Waals surface area (Å²) in [6.45, 7) is 3.88. The first kappa shape index (κ1) is 21.1. The molecule has 2 aromatic carbocycles. The van der Waals surface area contributed by atoms with Crippen molar-refractivity contribution in [1.82, 2.24) is 4.90 Å². The Kier molecular flexibility index (Phi) is 7.17. The van der Waals surface area contributed by atoms with E-state index in [0.717, 1.165) is 11.1 Å². The van der Waals surface area contributed by atoms with Crippen LogP contribution in [0.1, 0.15) is 18.1 Å². The molecule has 0 spiro atoms. The Bertz CT molecular complexity index is 965. The SMILES string of the molecule is CCN(Cc1cccc2c1OCCO2)C(=O)/C=C/c1ccc(OCC#N)c(OC)c1. The van der Waals surface area contributed by atoms with Crippen molar-refractivity contribution in [3.63, 3.8) is 0 Å². The van der Waals surface area contributed by atoms with Gasteiger partial charge in [-0.25, -0.2) is 0 Å². The second-order valence-electron chi connectivity index (χ2n) is 6.48. The van der Waals surface area contributed by atoms with Gasteiger partial charge in [-0.3, -0.25) is 4.79 Å². The van der Waals surface area contributed by atoms with Crippen LogP contribution in [0, 0.1) is 11.3 Å². The number of hydrogen-bond donors (Lipinski definition) is 0. The van der Waals surface area contributed by atoms with Crippen LogP contribution in [0.5, 0.6) is 23.0 Å². The lowest BCUT2D eigenvalue weighted by Crippen LogP contribution is -2.29. The highest BCUT2D eigenvalue weighted by atomic mass is 16.6. The first-order chi connectivity index (χ1) is 14.7. The molecule has 7 heteroatoms. The Hall–Kier alpha value is -3.66. The van der Waals surface area contributed by atoms with Crippen LogP contribution in [0.2, 0.25) is 0 Å². The topological polar surface area (TPSA) is 81.0 Å². The monoisotopic (exact) mass is 408 g/mol. The molecule has 0 aromatic heterocycles. The molecule has 0 unspecified atom stereocenters. The van der Waals surface area contributed by atoms with Crippen molar-refractivity contribution in [2.24, 2.45) is 0 Å². The predicted molar refractivity (Wildman–Crippen MR) is 112 cm³/mol. The fourth-order valence-electron chi connectivity index (χ4n) is 3.10. The zero-order valence-electron chi connectivity index (χ0n) is 17.1. The molecule has 1 heterocycles. The Morgan fingerprint density at radius 1 is 1.23 bits per heavy atom. The molecule has 0 aliphatic carbocycles. The molecule has 3 rings (SSSR count). The van der Waals surface area contributed by atoms with Gasteiger partial charge < -0.3 is 23.8 Å². The summed E-state index contributed by atoms with van der Waals surface area (Å²) < 4.78 is 22.0. The van der Waals surface area contributed by atoms with Gasteiger partial charge in [0.1, 0.15) is 19.3 Å². The van der Waals surface area contributed by atoms with Gasteiger partial charge >= 0.3 is 0 Å². The van der Waals surface area contributed by atoms with E-state index in [9.17, 15) is 4.79 Å². The van der Waals surface area contributed by atoms with E-state index < -0.39 is 0 Å². The Morgan fingerprint density at radius 2 is 2.07 bits per heavy atom. The number of carbonyl (C=O) groups is 1. The van der Waals surface area contributed by atoms with E-state index in [2.05, 4.69) is 0 Å². The number of para-hydroxylation sites is 1. The average molecular weight is 408 g/mol. The highest BCUT2D eigenvalue weighted by molar-refractivity contribution is 5.91. The normalized spacial score (nSPS) is 12.3. The highest BCUT2D eigenvalue weighted by Gasteiger charge is 2.18. The smallest absolute Gasteiger partial charge is 0.246 e. The molecule has 0 saturated carbocycles. The van der Waals surface area contributed by atoms with Crippen molar-refractivity contribution in [3.8, 4) is 29.1 Å². The minimum atomic E-state index is -0.115. The summed E-state index contributed by atoms with van der Waals surface area (Å²) in [5.41, 5.74) is 1.70. The van der Waals surface area contributed by atoms with Gasteiger partial charge in [-0.15, -0.1) is 0 Å². The summed E-state index contributed by atoms with van der Waals surface area (Å²) in [5.74, 6) is 2.28. The van der Waals surface area contributed by atoms with Gasteiger partial charge in [-0.1, -0.05) is 18.2 Å². The molecule has 30 heavy (non-hydrogen) atoms. The fourth-order valence-corrected chi connectivity index (χ4v) is 3.10. The van der Waals surface area contributed by atoms with Gasteiger partial charge in [0.25, 0.3) is 0 Å². The summed E-state index contributed by atoms with van der Waals surface area (Å²) in [4.78, 5) is 14.5. The number of fused-ring (bicyclic) bond motifs is 1. The lowest BCUT2D eigenvalue weighted by Gasteiger charge is -2.24. The lowest BCUT2D eigenvalue weighted by atomic mass is 10.1. The number of likely N-dealkylation sites (N-methyl/N-ethyl adjacent to an activating group) is 1. The Morgan fingerprint density at radius 3 is 2.83 bits per heavy atom. The van der Waals surface area contributed by atoms with Gasteiger partial charge in [0.15, 0.2) is 29.6 Å². The molecular weight excluding hydrogens is 384 g/mol. The summed E-state index contributed by atoms with van der Waals surface area (Å²) >= 11 is 0. The number of benzene rings is 2. The zero-order chi connectivity index (χ0) is 21.3. The lowest BCUT2D eigenvalue weighted by molar-refractivity contribution is -0.126. The second-order valence-corrected chi connectivity index (χ2v) is 6.48. The molecule has 1 aliphatic heterocycles. The van der Waals surface area contributed by atoms with Crippen LogP contribution in [-0.2, 0) is 11.3 Å². The van der Waals surface area contributed by atoms with Crippen LogP contribution < -0.4 is 18.9 Å². The summed E-state index contributed by atoms with van der Waals surface area (Å²) in [6.07, 6.45) is 3.25. The third-order valence-corrected chi connectivity index (χ3v) is 4.60. The van der Waals surface area contributed by atoms with Gasteiger partial charge in [0, 0.05) is 24.7 Å². The van der Waals surface area contributed by atoms with Crippen LogP contribution >= 0.6 is 0 Å². The summed E-state index contributed by atoms with van der Waals surface area (Å²) in [6, 6.07) is 12.9. The fraction of sp³-hybridized carbons (Fsp3) is 0.304. The molecule has 1 aliphatic rings. The zero-order valence-corrected chi connectivity index (χ0v) is 17.1. The molecule has 0 saturated heterocycles. The molecular formula is C23H24N2O5. The van der Waals surface area contributed by atoms with Crippen molar-refractivity contribution in [2.75, 3.05) is 33.5 Å². The molecule has 0 radical (unpaired) electrons. The Labute approximate surface area is 176 Å². The number of hydrogen-bond acceptors (Lipinski definition) is 6. The Balaban J connectivity index is 1.71. The first-order valence-corrected chi connectivity index (χ1v) is 9.68. The van der Waals surface area contributed by atoms with Crippen LogP contribution in [0.25, 0.3) is 6.08 Å². The van der Waals surface area contributed by atoms with E-state index in [1.54, 1.807) is 29.2 Å². The number of nitrogens with zero attached hydrogens (tertiary/aromatic N) is 2. The van der Waals surface area contributed by atoms with E-state index in [0.29, 0.717) is 49.3 Å². The first-order valence-electron chi connectivity index (χ1n) is 9.68. The summed E-state index contributed by atoms with van der Waals surface area (Å²) in [7, 11) is 1.53.